The van der Waals surface area contributed by atoms with Crippen LogP contribution in [0.25, 0.3) is 0 Å². The summed E-state index contributed by atoms with van der Waals surface area (Å²) in [6.45, 7) is 1.76. The molecule has 0 unspecified atom stereocenters. The summed E-state index contributed by atoms with van der Waals surface area (Å²) in [6.07, 6.45) is 1.33. The third-order valence-electron chi connectivity index (χ3n) is 2.23. The Kier molecular flexibility index (Phi) is 3.59. The van der Waals surface area contributed by atoms with Gasteiger partial charge in [0, 0.05) is 10.0 Å². The molecule has 3 nitrogen and oxygen atoms in total. The van der Waals surface area contributed by atoms with Gasteiger partial charge in [-0.3, -0.25) is 0 Å². The summed E-state index contributed by atoms with van der Waals surface area (Å²) in [5.41, 5.74) is 0.995. The van der Waals surface area contributed by atoms with Crippen molar-refractivity contribution in [1.29, 1.82) is 0 Å². The van der Waals surface area contributed by atoms with Crippen molar-refractivity contribution in [3.63, 3.8) is 0 Å². The summed E-state index contributed by atoms with van der Waals surface area (Å²) < 4.78 is 14.2. The highest BCUT2D eigenvalue weighted by atomic mass is 79.9. The lowest BCUT2D eigenvalue weighted by Gasteiger charge is -2.11. The van der Waals surface area contributed by atoms with Crippen molar-refractivity contribution in [3.05, 3.63) is 45.5 Å². The molecule has 1 aromatic heterocycles. The van der Waals surface area contributed by atoms with Gasteiger partial charge in [0.15, 0.2) is 0 Å². The Bertz CT molecular complexity index is 542. The molecule has 0 aliphatic rings. The SMILES string of the molecule is Cc1c(Cl)ncnc1Nc1c(F)cccc1Br. The number of benzene rings is 1. The fraction of sp³-hybridized carbons (Fsp3) is 0.0909. The van der Waals surface area contributed by atoms with Crippen molar-refractivity contribution in [2.75, 3.05) is 5.32 Å². The molecule has 0 saturated carbocycles. The lowest BCUT2D eigenvalue weighted by atomic mass is 10.3. The van der Waals surface area contributed by atoms with Gasteiger partial charge in [-0.05, 0) is 35.0 Å². The number of anilines is 2. The van der Waals surface area contributed by atoms with Crippen molar-refractivity contribution in [2.24, 2.45) is 0 Å². The zero-order chi connectivity index (χ0) is 12.4. The minimum Gasteiger partial charge on any atom is -0.337 e. The van der Waals surface area contributed by atoms with Crippen LogP contribution < -0.4 is 5.32 Å². The number of nitrogens with zero attached hydrogens (tertiary/aromatic N) is 2. The number of para-hydroxylation sites is 1. The Morgan fingerprint density at radius 1 is 1.35 bits per heavy atom. The fourth-order valence-electron chi connectivity index (χ4n) is 1.29. The van der Waals surface area contributed by atoms with Gasteiger partial charge in [0.2, 0.25) is 0 Å². The van der Waals surface area contributed by atoms with Crippen molar-refractivity contribution in [3.8, 4) is 0 Å². The van der Waals surface area contributed by atoms with E-state index in [1.54, 1.807) is 19.1 Å². The summed E-state index contributed by atoms with van der Waals surface area (Å²) in [6, 6.07) is 4.72. The quantitative estimate of drug-likeness (QED) is 0.848. The Labute approximate surface area is 111 Å². The lowest BCUT2D eigenvalue weighted by Crippen LogP contribution is -2.00. The summed E-state index contributed by atoms with van der Waals surface area (Å²) in [7, 11) is 0. The standard InChI is InChI=1S/C11H8BrClFN3/c1-6-10(13)15-5-16-11(6)17-9-7(12)3-2-4-8(9)14/h2-5H,1H3,(H,15,16,17). The van der Waals surface area contributed by atoms with Gasteiger partial charge in [0.1, 0.15) is 23.1 Å². The van der Waals surface area contributed by atoms with Crippen molar-refractivity contribution >= 4 is 39.0 Å². The number of aromatic nitrogens is 2. The molecule has 2 aromatic rings. The molecular formula is C11H8BrClFN3. The second-order valence-corrected chi connectivity index (χ2v) is 4.57. The predicted molar refractivity (Wildman–Crippen MR) is 69.2 cm³/mol. The second-order valence-electron chi connectivity index (χ2n) is 3.36. The highest BCUT2D eigenvalue weighted by Gasteiger charge is 2.10. The molecule has 0 spiro atoms. The van der Waals surface area contributed by atoms with Crippen molar-refractivity contribution < 1.29 is 4.39 Å². The van der Waals surface area contributed by atoms with E-state index in [0.29, 0.717) is 26.7 Å². The van der Waals surface area contributed by atoms with E-state index in [4.69, 9.17) is 11.6 Å². The molecule has 0 aliphatic carbocycles. The normalized spacial score (nSPS) is 10.4. The van der Waals surface area contributed by atoms with Gasteiger partial charge in [-0.1, -0.05) is 17.7 Å². The zero-order valence-electron chi connectivity index (χ0n) is 8.84. The van der Waals surface area contributed by atoms with Crippen LogP contribution in [0, 0.1) is 12.7 Å². The molecular weight excluding hydrogens is 308 g/mol. The average molecular weight is 317 g/mol. The van der Waals surface area contributed by atoms with E-state index in [0.717, 1.165) is 0 Å². The van der Waals surface area contributed by atoms with Gasteiger partial charge in [0.05, 0.1) is 5.69 Å². The number of hydrogen-bond donors (Lipinski definition) is 1. The van der Waals surface area contributed by atoms with Crippen LogP contribution in [0.2, 0.25) is 5.15 Å². The molecule has 0 saturated heterocycles. The number of halogens is 3. The number of nitrogens with one attached hydrogen (secondary N) is 1. The van der Waals surface area contributed by atoms with Gasteiger partial charge in [-0.2, -0.15) is 0 Å². The maximum Gasteiger partial charge on any atom is 0.147 e. The smallest absolute Gasteiger partial charge is 0.147 e. The Morgan fingerprint density at radius 3 is 2.82 bits per heavy atom. The number of rotatable bonds is 2. The highest BCUT2D eigenvalue weighted by Crippen LogP contribution is 2.29. The molecule has 0 bridgehead atoms. The third kappa shape index (κ3) is 2.56. The summed E-state index contributed by atoms with van der Waals surface area (Å²) in [4.78, 5) is 7.86. The highest BCUT2D eigenvalue weighted by molar-refractivity contribution is 9.10. The van der Waals surface area contributed by atoms with Gasteiger partial charge >= 0.3 is 0 Å². The van der Waals surface area contributed by atoms with E-state index >= 15 is 0 Å². The van der Waals surface area contributed by atoms with E-state index in [9.17, 15) is 4.39 Å². The van der Waals surface area contributed by atoms with Crippen molar-refractivity contribution in [1.82, 2.24) is 9.97 Å². The first-order chi connectivity index (χ1) is 8.09. The van der Waals surface area contributed by atoms with E-state index < -0.39 is 0 Å². The van der Waals surface area contributed by atoms with Gasteiger partial charge in [-0.25, -0.2) is 14.4 Å². The van der Waals surface area contributed by atoms with Crippen LogP contribution in [0.5, 0.6) is 0 Å². The third-order valence-corrected chi connectivity index (χ3v) is 3.27. The molecule has 2 rings (SSSR count). The molecule has 17 heavy (non-hydrogen) atoms. The maximum absolute atomic E-state index is 13.6. The first-order valence-corrected chi connectivity index (χ1v) is 5.95. The van der Waals surface area contributed by atoms with Gasteiger partial charge in [-0.15, -0.1) is 0 Å². The molecule has 0 fully saturated rings. The average Bonchev–Trinajstić information content (AvgIpc) is 2.29. The summed E-state index contributed by atoms with van der Waals surface area (Å²) >= 11 is 9.13. The van der Waals surface area contributed by atoms with E-state index in [1.807, 2.05) is 0 Å². The Balaban J connectivity index is 2.42. The fourth-order valence-corrected chi connectivity index (χ4v) is 1.86. The molecule has 6 heteroatoms. The van der Waals surface area contributed by atoms with Crippen LogP contribution in [0.15, 0.2) is 29.0 Å². The summed E-state index contributed by atoms with van der Waals surface area (Å²) in [5.74, 6) is 0.115. The monoisotopic (exact) mass is 315 g/mol. The molecule has 0 atom stereocenters. The maximum atomic E-state index is 13.6. The molecule has 0 amide bonds. The minimum atomic E-state index is -0.367. The molecule has 1 aromatic carbocycles. The molecule has 1 N–H and O–H groups in total. The van der Waals surface area contributed by atoms with Gasteiger partial charge in [0.25, 0.3) is 0 Å². The predicted octanol–water partition coefficient (Wildman–Crippen LogP) is 4.08. The molecule has 0 radical (unpaired) electrons. The van der Waals surface area contributed by atoms with Crippen LogP contribution >= 0.6 is 27.5 Å². The van der Waals surface area contributed by atoms with Crippen LogP contribution in [-0.4, -0.2) is 9.97 Å². The Hall–Kier alpha value is -1.20. The van der Waals surface area contributed by atoms with Gasteiger partial charge < -0.3 is 5.32 Å². The molecule has 1 heterocycles. The first-order valence-electron chi connectivity index (χ1n) is 4.77. The van der Waals surface area contributed by atoms with Crippen LogP contribution in [0.4, 0.5) is 15.9 Å². The van der Waals surface area contributed by atoms with Crippen LogP contribution in [0.1, 0.15) is 5.56 Å². The minimum absolute atomic E-state index is 0.324. The van der Waals surface area contributed by atoms with Crippen LogP contribution in [0.3, 0.4) is 0 Å². The van der Waals surface area contributed by atoms with Crippen LogP contribution in [-0.2, 0) is 0 Å². The summed E-state index contributed by atoms with van der Waals surface area (Å²) in [5, 5.41) is 3.23. The zero-order valence-corrected chi connectivity index (χ0v) is 11.2. The van der Waals surface area contributed by atoms with E-state index in [1.165, 1.54) is 12.4 Å². The lowest BCUT2D eigenvalue weighted by molar-refractivity contribution is 0.631. The molecule has 88 valence electrons. The van der Waals surface area contributed by atoms with E-state index in [-0.39, 0.29) is 5.82 Å². The molecule has 0 aliphatic heterocycles. The number of hydrogen-bond acceptors (Lipinski definition) is 3. The van der Waals surface area contributed by atoms with E-state index in [2.05, 4.69) is 31.2 Å². The first kappa shape index (κ1) is 12.3. The van der Waals surface area contributed by atoms with Crippen molar-refractivity contribution in [2.45, 2.75) is 6.92 Å². The largest absolute Gasteiger partial charge is 0.337 e. The topological polar surface area (TPSA) is 37.8 Å². The Morgan fingerprint density at radius 2 is 2.12 bits per heavy atom. The second kappa shape index (κ2) is 4.98.